The zero-order valence-electron chi connectivity index (χ0n) is 54.0. The summed E-state index contributed by atoms with van der Waals surface area (Å²) >= 11 is 0. The van der Waals surface area contributed by atoms with Gasteiger partial charge in [-0.1, -0.05) is 249 Å². The van der Waals surface area contributed by atoms with Crippen LogP contribution in [0.5, 0.6) is 0 Å². The number of aliphatic hydroxyl groups is 1. The van der Waals surface area contributed by atoms with Crippen LogP contribution in [-0.4, -0.2) is 130 Å². The molecule has 3 saturated heterocycles. The molecular weight excluding hydrogens is 1220 g/mol. The highest BCUT2D eigenvalue weighted by Crippen LogP contribution is 2.39. The Morgan fingerprint density at radius 1 is 0.344 bits per heavy atom. The van der Waals surface area contributed by atoms with Gasteiger partial charge in [0.05, 0.1) is 79.3 Å². The number of ether oxygens (including phenoxy) is 15. The van der Waals surface area contributed by atoms with Gasteiger partial charge in [-0.2, -0.15) is 0 Å². The Labute approximate surface area is 562 Å². The van der Waals surface area contributed by atoms with Gasteiger partial charge < -0.3 is 76.2 Å². The molecule has 3 aliphatic rings. The van der Waals surface area contributed by atoms with Crippen LogP contribution in [0.3, 0.4) is 0 Å². The molecule has 96 heavy (non-hydrogen) atoms. The fourth-order valence-corrected chi connectivity index (χ4v) is 12.0. The molecular formula is C79H86O17. The van der Waals surface area contributed by atoms with Gasteiger partial charge in [-0.3, -0.25) is 4.79 Å². The molecule has 1 N–H and O–H groups in total. The van der Waals surface area contributed by atoms with E-state index in [2.05, 4.69) is 6.58 Å². The van der Waals surface area contributed by atoms with E-state index in [0.29, 0.717) is 0 Å². The molecule has 0 aromatic heterocycles. The fourth-order valence-electron chi connectivity index (χ4n) is 12.0. The molecule has 0 unspecified atom stereocenters. The van der Waals surface area contributed by atoms with Gasteiger partial charge >= 0.3 is 5.97 Å². The molecule has 15 atom stereocenters. The van der Waals surface area contributed by atoms with Gasteiger partial charge in [0.2, 0.25) is 0 Å². The smallest absolute Gasteiger partial charge is 0.303 e. The Balaban J connectivity index is 1.00. The Bertz CT molecular complexity index is 3460. The standard InChI is InChI=1S/C79H86O17/c1-3-44-85-71-68(86-48-60-34-18-7-19-35-60)65(53-82-45-57-28-12-4-13-29-57)92-77(81)74(71)96-79-76(91-56(2)80)73(70(88-50-62-38-22-9-23-39-62)67(94-79)55-84-47-59-32-16-6-17-33-59)95-78-75(90-52-64-42-26-11-27-43-64)72(89-51-63-40-24-10-25-41-63)69(87-49-61-36-20-8-21-37-61)66(93-78)54-83-46-58-30-14-5-15-31-58/h3-43,65-79,81H,1,44-55H2,2H3/t65-,66-,67-,68-,69+,70-,71+,72+,73+,74+,75-,76+,77+,78-,79-/m1/s1. The number of rotatable bonds is 35. The van der Waals surface area contributed by atoms with E-state index in [1.54, 1.807) is 6.08 Å². The van der Waals surface area contributed by atoms with E-state index in [4.69, 9.17) is 71.1 Å². The first-order valence-corrected chi connectivity index (χ1v) is 32.8. The van der Waals surface area contributed by atoms with Crippen molar-refractivity contribution < 1.29 is 81.0 Å². The molecule has 0 radical (unpaired) electrons. The molecule has 11 rings (SSSR count). The van der Waals surface area contributed by atoms with Crippen molar-refractivity contribution >= 4 is 5.97 Å². The second-order valence-electron chi connectivity index (χ2n) is 23.8. The summed E-state index contributed by atoms with van der Waals surface area (Å²) in [5.74, 6) is -0.710. The molecule has 17 heteroatoms. The van der Waals surface area contributed by atoms with Crippen LogP contribution < -0.4 is 0 Å². The normalized spacial score (nSPS) is 25.8. The highest BCUT2D eigenvalue weighted by Gasteiger charge is 2.58. The minimum absolute atomic E-state index is 0.000648. The monoisotopic (exact) mass is 1310 g/mol. The summed E-state index contributed by atoms with van der Waals surface area (Å²) < 4.78 is 104. The predicted molar refractivity (Wildman–Crippen MR) is 357 cm³/mol. The van der Waals surface area contributed by atoms with Crippen LogP contribution >= 0.6 is 0 Å². The maximum Gasteiger partial charge on any atom is 0.303 e. The summed E-state index contributed by atoms with van der Waals surface area (Å²) in [6.07, 6.45) is -16.1. The number of aliphatic hydroxyl groups excluding tert-OH is 1. The van der Waals surface area contributed by atoms with E-state index in [9.17, 15) is 9.90 Å². The first-order valence-electron chi connectivity index (χ1n) is 32.8. The summed E-state index contributed by atoms with van der Waals surface area (Å²) in [6, 6.07) is 78.2. The lowest BCUT2D eigenvalue weighted by Crippen LogP contribution is -2.68. The zero-order chi connectivity index (χ0) is 65.9. The molecule has 3 fully saturated rings. The topological polar surface area (TPSA) is 176 Å². The van der Waals surface area contributed by atoms with E-state index in [1.807, 2.05) is 243 Å². The third-order valence-corrected chi connectivity index (χ3v) is 16.7. The van der Waals surface area contributed by atoms with Gasteiger partial charge in [0.25, 0.3) is 0 Å². The van der Waals surface area contributed by atoms with E-state index in [0.717, 1.165) is 44.5 Å². The molecule has 0 spiro atoms. The molecule has 0 aliphatic carbocycles. The Kier molecular flexibility index (Phi) is 27.0. The van der Waals surface area contributed by atoms with Crippen molar-refractivity contribution in [3.8, 4) is 0 Å². The average molecular weight is 1310 g/mol. The number of esters is 1. The summed E-state index contributed by atoms with van der Waals surface area (Å²) in [4.78, 5) is 14.1. The van der Waals surface area contributed by atoms with Gasteiger partial charge in [0, 0.05) is 6.92 Å². The Morgan fingerprint density at radius 2 is 0.615 bits per heavy atom. The molecule has 3 aliphatic heterocycles. The average Bonchev–Trinajstić information content (AvgIpc) is 0.774. The SMILES string of the molecule is C=CCO[C@@H]1[C@H](O[C@H]2O[C@H](COCc3ccccc3)[C@@H](OCc3ccccc3)[C@H](O[C@H]3O[C@H](COCc4ccccc4)[C@H](OCc4ccccc4)[C@H](OCc4ccccc4)[C@H]3OCc3ccccc3)[C@@H]2OC(C)=O)[C@@H](O)O[C@H](COCc2ccccc2)[C@H]1OCc1ccccc1. The van der Waals surface area contributed by atoms with Gasteiger partial charge in [-0.05, 0) is 44.5 Å². The second kappa shape index (κ2) is 37.2. The van der Waals surface area contributed by atoms with Crippen LogP contribution in [0.2, 0.25) is 0 Å². The van der Waals surface area contributed by atoms with Crippen molar-refractivity contribution in [1.29, 1.82) is 0 Å². The lowest BCUT2D eigenvalue weighted by atomic mass is 9.95. The summed E-state index contributed by atoms with van der Waals surface area (Å²) in [5, 5.41) is 12.5. The van der Waals surface area contributed by atoms with Gasteiger partial charge in [-0.25, -0.2) is 0 Å². The highest BCUT2D eigenvalue weighted by atomic mass is 16.8. The molecule has 8 aromatic carbocycles. The second-order valence-corrected chi connectivity index (χ2v) is 23.8. The van der Waals surface area contributed by atoms with E-state index < -0.39 is 98.1 Å². The molecule has 504 valence electrons. The summed E-state index contributed by atoms with van der Waals surface area (Å²) in [7, 11) is 0. The largest absolute Gasteiger partial charge is 0.454 e. The van der Waals surface area contributed by atoms with Crippen LogP contribution in [-0.2, 0) is 129 Å². The van der Waals surface area contributed by atoms with Crippen LogP contribution in [0.4, 0.5) is 0 Å². The van der Waals surface area contributed by atoms with Crippen molar-refractivity contribution in [1.82, 2.24) is 0 Å². The van der Waals surface area contributed by atoms with Gasteiger partial charge in [0.1, 0.15) is 67.1 Å². The molecule has 0 amide bonds. The Hall–Kier alpha value is -7.63. The van der Waals surface area contributed by atoms with E-state index >= 15 is 0 Å². The fraction of sp³-hybridized carbons (Fsp3) is 0.354. The first kappa shape index (κ1) is 69.7. The summed E-state index contributed by atoms with van der Waals surface area (Å²) in [5.41, 5.74) is 7.19. The zero-order valence-corrected chi connectivity index (χ0v) is 54.0. The molecule has 17 nitrogen and oxygen atoms in total. The third kappa shape index (κ3) is 20.5. The molecule has 0 bridgehead atoms. The number of hydrogen-bond acceptors (Lipinski definition) is 17. The lowest BCUT2D eigenvalue weighted by molar-refractivity contribution is -0.393. The van der Waals surface area contributed by atoms with Crippen molar-refractivity contribution in [2.75, 3.05) is 26.4 Å². The van der Waals surface area contributed by atoms with Crippen LogP contribution in [0, 0.1) is 0 Å². The van der Waals surface area contributed by atoms with Gasteiger partial charge in [0.15, 0.2) is 25.0 Å². The minimum Gasteiger partial charge on any atom is -0.454 e. The molecule has 0 saturated carbocycles. The number of benzene rings is 8. The Morgan fingerprint density at radius 3 is 0.948 bits per heavy atom. The quantitative estimate of drug-likeness (QED) is 0.0293. The third-order valence-electron chi connectivity index (χ3n) is 16.7. The maximum absolute atomic E-state index is 14.1. The van der Waals surface area contributed by atoms with Crippen molar-refractivity contribution in [2.45, 2.75) is 152 Å². The summed E-state index contributed by atoms with van der Waals surface area (Å²) in [6.45, 7) is 6.51. The predicted octanol–water partition coefficient (Wildman–Crippen LogP) is 12.0. The lowest BCUT2D eigenvalue weighted by Gasteiger charge is -2.51. The van der Waals surface area contributed by atoms with Crippen LogP contribution in [0.1, 0.15) is 51.4 Å². The maximum atomic E-state index is 14.1. The van der Waals surface area contributed by atoms with Gasteiger partial charge in [-0.15, -0.1) is 6.58 Å². The van der Waals surface area contributed by atoms with Crippen molar-refractivity contribution in [3.05, 3.63) is 300 Å². The number of hydrogen-bond donors (Lipinski definition) is 1. The van der Waals surface area contributed by atoms with E-state index in [1.165, 1.54) is 6.92 Å². The molecule has 8 aromatic rings. The number of carbonyl (C=O) groups excluding carboxylic acids is 1. The van der Waals surface area contributed by atoms with Crippen LogP contribution in [0.25, 0.3) is 0 Å². The van der Waals surface area contributed by atoms with Crippen molar-refractivity contribution in [2.24, 2.45) is 0 Å². The van der Waals surface area contributed by atoms with Crippen LogP contribution in [0.15, 0.2) is 255 Å². The molecule has 3 heterocycles. The number of carbonyl (C=O) groups is 1. The minimum atomic E-state index is -1.70. The van der Waals surface area contributed by atoms with Crippen molar-refractivity contribution in [3.63, 3.8) is 0 Å². The first-order chi connectivity index (χ1) is 47.3. The van der Waals surface area contributed by atoms with E-state index in [-0.39, 0.29) is 79.3 Å². The highest BCUT2D eigenvalue weighted by molar-refractivity contribution is 5.66.